The van der Waals surface area contributed by atoms with Crippen molar-refractivity contribution in [2.75, 3.05) is 0 Å². The molecule has 0 saturated carbocycles. The average Bonchev–Trinajstić information content (AvgIpc) is 2.95. The minimum atomic E-state index is 0.559. The summed E-state index contributed by atoms with van der Waals surface area (Å²) in [4.78, 5) is 0. The standard InChI is InChI=1S/C24H25N3/c1-18-7-11-20(12-8-18)15-16-26-22-5-3-4-6-23(22)27(24(26)25)17-21-13-9-19(2)10-14-21/h3-14,25H,15-17H2,1-2H3. The van der Waals surface area contributed by atoms with E-state index >= 15 is 0 Å². The third kappa shape index (κ3) is 3.59. The summed E-state index contributed by atoms with van der Waals surface area (Å²) in [6, 6.07) is 25.6. The van der Waals surface area contributed by atoms with Crippen LogP contribution < -0.4 is 5.62 Å². The summed E-state index contributed by atoms with van der Waals surface area (Å²) >= 11 is 0. The molecule has 3 aromatic carbocycles. The van der Waals surface area contributed by atoms with Gasteiger partial charge in [0.1, 0.15) is 0 Å². The first-order chi connectivity index (χ1) is 13.1. The summed E-state index contributed by atoms with van der Waals surface area (Å²) in [6.07, 6.45) is 0.926. The first-order valence-electron chi connectivity index (χ1n) is 9.45. The van der Waals surface area contributed by atoms with Crippen LogP contribution in [0.1, 0.15) is 22.3 Å². The molecule has 0 atom stereocenters. The van der Waals surface area contributed by atoms with Gasteiger partial charge in [-0.15, -0.1) is 0 Å². The van der Waals surface area contributed by atoms with E-state index < -0.39 is 0 Å². The van der Waals surface area contributed by atoms with Gasteiger partial charge >= 0.3 is 0 Å². The summed E-state index contributed by atoms with van der Waals surface area (Å²) in [6.45, 7) is 5.74. The number of rotatable bonds is 5. The number of para-hydroxylation sites is 2. The lowest BCUT2D eigenvalue weighted by molar-refractivity contribution is 0.621. The lowest BCUT2D eigenvalue weighted by atomic mass is 10.1. The molecule has 1 aromatic heterocycles. The van der Waals surface area contributed by atoms with Crippen molar-refractivity contribution in [1.82, 2.24) is 9.13 Å². The van der Waals surface area contributed by atoms with E-state index in [0.29, 0.717) is 5.62 Å². The van der Waals surface area contributed by atoms with Crippen LogP contribution in [0.15, 0.2) is 72.8 Å². The Morgan fingerprint density at radius 2 is 1.19 bits per heavy atom. The molecule has 4 aromatic rings. The van der Waals surface area contributed by atoms with Crippen LogP contribution in [0.4, 0.5) is 0 Å². The van der Waals surface area contributed by atoms with Gasteiger partial charge in [-0.1, -0.05) is 71.8 Å². The molecule has 0 aliphatic heterocycles. The normalized spacial score (nSPS) is 11.2. The fourth-order valence-electron chi connectivity index (χ4n) is 3.55. The third-order valence-electron chi connectivity index (χ3n) is 5.18. The van der Waals surface area contributed by atoms with Crippen molar-refractivity contribution >= 4 is 11.0 Å². The monoisotopic (exact) mass is 355 g/mol. The maximum Gasteiger partial charge on any atom is 0.203 e. The number of imidazole rings is 1. The minimum absolute atomic E-state index is 0.559. The maximum atomic E-state index is 8.79. The van der Waals surface area contributed by atoms with Gasteiger partial charge in [0.25, 0.3) is 0 Å². The summed E-state index contributed by atoms with van der Waals surface area (Å²) in [5.74, 6) is 0. The first-order valence-corrected chi connectivity index (χ1v) is 9.45. The Bertz CT molecular complexity index is 1110. The Balaban J connectivity index is 1.68. The first kappa shape index (κ1) is 17.3. The predicted molar refractivity (Wildman–Crippen MR) is 111 cm³/mol. The number of hydrogen-bond donors (Lipinski definition) is 1. The fraction of sp³-hybridized carbons (Fsp3) is 0.208. The zero-order valence-electron chi connectivity index (χ0n) is 15.9. The molecule has 4 rings (SSSR count). The summed E-state index contributed by atoms with van der Waals surface area (Å²) in [7, 11) is 0. The van der Waals surface area contributed by atoms with Crippen LogP contribution in [-0.2, 0) is 19.5 Å². The van der Waals surface area contributed by atoms with Crippen LogP contribution in [0.25, 0.3) is 11.0 Å². The van der Waals surface area contributed by atoms with Crippen LogP contribution in [-0.4, -0.2) is 9.13 Å². The van der Waals surface area contributed by atoms with Crippen molar-refractivity contribution in [3.8, 4) is 0 Å². The van der Waals surface area contributed by atoms with Gasteiger partial charge in [-0.2, -0.15) is 0 Å². The van der Waals surface area contributed by atoms with Gasteiger partial charge in [0.05, 0.1) is 17.6 Å². The topological polar surface area (TPSA) is 33.7 Å². The van der Waals surface area contributed by atoms with Crippen LogP contribution >= 0.6 is 0 Å². The molecule has 136 valence electrons. The van der Waals surface area contributed by atoms with Crippen molar-refractivity contribution in [3.05, 3.63) is 101 Å². The van der Waals surface area contributed by atoms with E-state index in [4.69, 9.17) is 5.41 Å². The molecular weight excluding hydrogens is 330 g/mol. The van der Waals surface area contributed by atoms with E-state index in [0.717, 1.165) is 30.5 Å². The molecule has 0 aliphatic carbocycles. The van der Waals surface area contributed by atoms with E-state index in [-0.39, 0.29) is 0 Å². The van der Waals surface area contributed by atoms with Crippen LogP contribution in [0.2, 0.25) is 0 Å². The molecule has 0 bridgehead atoms. The zero-order valence-corrected chi connectivity index (χ0v) is 15.9. The van der Waals surface area contributed by atoms with Gasteiger partial charge in [0.2, 0.25) is 5.62 Å². The number of aromatic nitrogens is 2. The van der Waals surface area contributed by atoms with E-state index in [9.17, 15) is 0 Å². The highest BCUT2D eigenvalue weighted by Gasteiger charge is 2.11. The molecule has 0 unspecified atom stereocenters. The molecule has 3 nitrogen and oxygen atoms in total. The van der Waals surface area contributed by atoms with Crippen LogP contribution in [0.3, 0.4) is 0 Å². The Labute approximate surface area is 160 Å². The largest absolute Gasteiger partial charge is 0.310 e. The lowest BCUT2D eigenvalue weighted by Gasteiger charge is -2.06. The van der Waals surface area contributed by atoms with Crippen molar-refractivity contribution < 1.29 is 0 Å². The van der Waals surface area contributed by atoms with E-state index in [1.54, 1.807) is 0 Å². The Morgan fingerprint density at radius 1 is 0.667 bits per heavy atom. The smallest absolute Gasteiger partial charge is 0.203 e. The Kier molecular flexibility index (Phi) is 4.68. The van der Waals surface area contributed by atoms with E-state index in [1.165, 1.54) is 22.3 Å². The molecule has 0 fully saturated rings. The Hall–Kier alpha value is -3.07. The van der Waals surface area contributed by atoms with Crippen LogP contribution in [0, 0.1) is 19.3 Å². The second-order valence-electron chi connectivity index (χ2n) is 7.27. The van der Waals surface area contributed by atoms with Gasteiger partial charge in [0.15, 0.2) is 0 Å². The summed E-state index contributed by atoms with van der Waals surface area (Å²) < 4.78 is 4.23. The number of aryl methyl sites for hydroxylation is 4. The third-order valence-corrected chi connectivity index (χ3v) is 5.18. The van der Waals surface area contributed by atoms with Gasteiger partial charge in [0, 0.05) is 6.54 Å². The molecular formula is C24H25N3. The molecule has 0 radical (unpaired) electrons. The van der Waals surface area contributed by atoms with Crippen LogP contribution in [0.5, 0.6) is 0 Å². The van der Waals surface area contributed by atoms with Gasteiger partial charge in [-0.3, -0.25) is 5.41 Å². The second kappa shape index (κ2) is 7.28. The van der Waals surface area contributed by atoms with E-state index in [2.05, 4.69) is 95.8 Å². The molecule has 1 heterocycles. The van der Waals surface area contributed by atoms with E-state index in [1.807, 2.05) is 0 Å². The number of benzene rings is 3. The van der Waals surface area contributed by atoms with Gasteiger partial charge in [-0.25, -0.2) is 0 Å². The molecule has 27 heavy (non-hydrogen) atoms. The molecule has 0 aliphatic rings. The van der Waals surface area contributed by atoms with Crippen molar-refractivity contribution in [3.63, 3.8) is 0 Å². The molecule has 1 N–H and O–H groups in total. The number of hydrogen-bond acceptors (Lipinski definition) is 1. The average molecular weight is 355 g/mol. The van der Waals surface area contributed by atoms with Crippen molar-refractivity contribution in [2.24, 2.45) is 0 Å². The minimum Gasteiger partial charge on any atom is -0.310 e. The highest BCUT2D eigenvalue weighted by molar-refractivity contribution is 5.76. The Morgan fingerprint density at radius 3 is 1.78 bits per heavy atom. The molecule has 3 heteroatoms. The van der Waals surface area contributed by atoms with Gasteiger partial charge in [-0.05, 0) is 43.5 Å². The van der Waals surface area contributed by atoms with Crippen molar-refractivity contribution in [1.29, 1.82) is 5.41 Å². The zero-order chi connectivity index (χ0) is 18.8. The number of nitrogens with zero attached hydrogens (tertiary/aromatic N) is 2. The highest BCUT2D eigenvalue weighted by atomic mass is 15.2. The number of fused-ring (bicyclic) bond motifs is 1. The second-order valence-corrected chi connectivity index (χ2v) is 7.27. The molecule has 0 spiro atoms. The van der Waals surface area contributed by atoms with Gasteiger partial charge < -0.3 is 9.13 Å². The molecule has 0 amide bonds. The summed E-state index contributed by atoms with van der Waals surface area (Å²) in [5.41, 5.74) is 7.87. The fourth-order valence-corrected chi connectivity index (χ4v) is 3.55. The number of nitrogens with one attached hydrogen (secondary N) is 1. The maximum absolute atomic E-state index is 8.79. The highest BCUT2D eigenvalue weighted by Crippen LogP contribution is 2.16. The molecule has 0 saturated heterocycles. The van der Waals surface area contributed by atoms with Crippen molar-refractivity contribution in [2.45, 2.75) is 33.4 Å². The lowest BCUT2D eigenvalue weighted by Crippen LogP contribution is -2.25. The summed E-state index contributed by atoms with van der Waals surface area (Å²) in [5, 5.41) is 8.79. The quantitative estimate of drug-likeness (QED) is 0.532. The SMILES string of the molecule is Cc1ccc(CCn2c(=N)n(Cc3ccc(C)cc3)c3ccccc32)cc1. The predicted octanol–water partition coefficient (Wildman–Crippen LogP) is 4.83.